The Morgan fingerprint density at radius 2 is 2.07 bits per heavy atom. The monoisotopic (exact) mass is 393 g/mol. The highest BCUT2D eigenvalue weighted by Gasteiger charge is 2.44. The Labute approximate surface area is 171 Å². The van der Waals surface area contributed by atoms with Crippen molar-refractivity contribution in [2.75, 3.05) is 26.2 Å². The molecule has 0 radical (unpaired) electrons. The fraction of sp³-hybridized carbons (Fsp3) is 0.348. The van der Waals surface area contributed by atoms with Crippen LogP contribution >= 0.6 is 0 Å². The van der Waals surface area contributed by atoms with Crippen LogP contribution in [0.3, 0.4) is 0 Å². The van der Waals surface area contributed by atoms with Crippen molar-refractivity contribution in [2.45, 2.75) is 25.4 Å². The van der Waals surface area contributed by atoms with Crippen LogP contribution in [0.25, 0.3) is 11.1 Å². The number of pyridine rings is 1. The molecule has 1 aliphatic heterocycles. The quantitative estimate of drug-likeness (QED) is 0.734. The fourth-order valence-corrected chi connectivity index (χ4v) is 3.55. The number of ether oxygens (including phenoxy) is 1. The van der Waals surface area contributed by atoms with E-state index in [1.807, 2.05) is 49.5 Å². The normalized spacial score (nSPS) is 18.9. The van der Waals surface area contributed by atoms with Gasteiger partial charge in [0.1, 0.15) is 0 Å². The number of benzene rings is 1. The number of hydrogen-bond donors (Lipinski definition) is 1. The number of carbonyl (C=O) groups is 2. The average molecular weight is 393 g/mol. The van der Waals surface area contributed by atoms with Crippen molar-refractivity contribution in [1.82, 2.24) is 15.2 Å². The summed E-state index contributed by atoms with van der Waals surface area (Å²) in [7, 11) is 0. The standard InChI is InChI=1S/C23H27N3O3/c1-3-11-25-22(28)23(17-26(13-14-29-23)21(27)4-2)15-18-7-9-19(10-8-18)20-6-5-12-24-16-20/h3,5-10,12,16H,1,4,11,13-15,17H2,2H3,(H,25,28). The number of carbonyl (C=O) groups excluding carboxylic acids is 2. The summed E-state index contributed by atoms with van der Waals surface area (Å²) in [4.78, 5) is 31.1. The zero-order chi connectivity index (χ0) is 20.7. The number of nitrogens with zero attached hydrogens (tertiary/aromatic N) is 2. The maximum atomic E-state index is 13.0. The molecular formula is C23H27N3O3. The van der Waals surface area contributed by atoms with Crippen LogP contribution in [0, 0.1) is 0 Å². The molecule has 1 aromatic heterocycles. The highest BCUT2D eigenvalue weighted by molar-refractivity contribution is 5.87. The first kappa shape index (κ1) is 20.7. The van der Waals surface area contributed by atoms with Gasteiger partial charge in [-0.3, -0.25) is 14.6 Å². The molecule has 6 heteroatoms. The van der Waals surface area contributed by atoms with E-state index in [2.05, 4.69) is 16.9 Å². The minimum atomic E-state index is -1.11. The third kappa shape index (κ3) is 4.90. The van der Waals surface area contributed by atoms with Gasteiger partial charge in [-0.15, -0.1) is 6.58 Å². The zero-order valence-electron chi connectivity index (χ0n) is 16.8. The Morgan fingerprint density at radius 3 is 2.72 bits per heavy atom. The van der Waals surface area contributed by atoms with Crippen LogP contribution in [-0.2, 0) is 20.7 Å². The van der Waals surface area contributed by atoms with Gasteiger partial charge in [-0.25, -0.2) is 0 Å². The van der Waals surface area contributed by atoms with E-state index in [1.54, 1.807) is 17.2 Å². The number of aromatic nitrogens is 1. The Balaban J connectivity index is 1.84. The van der Waals surface area contributed by atoms with E-state index >= 15 is 0 Å². The minimum Gasteiger partial charge on any atom is -0.361 e. The molecule has 1 unspecified atom stereocenters. The summed E-state index contributed by atoms with van der Waals surface area (Å²) in [5, 5.41) is 2.85. The molecule has 2 amide bonds. The zero-order valence-corrected chi connectivity index (χ0v) is 16.8. The molecule has 0 aliphatic carbocycles. The first-order chi connectivity index (χ1) is 14.1. The van der Waals surface area contributed by atoms with Gasteiger partial charge >= 0.3 is 0 Å². The van der Waals surface area contributed by atoms with E-state index in [0.29, 0.717) is 32.5 Å². The van der Waals surface area contributed by atoms with Crippen LogP contribution in [0.15, 0.2) is 61.4 Å². The molecule has 3 rings (SSSR count). The van der Waals surface area contributed by atoms with Crippen molar-refractivity contribution in [2.24, 2.45) is 0 Å². The highest BCUT2D eigenvalue weighted by atomic mass is 16.5. The molecule has 6 nitrogen and oxygen atoms in total. The Kier molecular flexibility index (Phi) is 6.77. The van der Waals surface area contributed by atoms with Gasteiger partial charge in [0.2, 0.25) is 5.91 Å². The summed E-state index contributed by atoms with van der Waals surface area (Å²) in [5.74, 6) is -0.191. The molecule has 1 fully saturated rings. The predicted molar refractivity (Wildman–Crippen MR) is 112 cm³/mol. The maximum absolute atomic E-state index is 13.0. The molecule has 1 saturated heterocycles. The lowest BCUT2D eigenvalue weighted by atomic mass is 9.90. The SMILES string of the molecule is C=CCNC(=O)C1(Cc2ccc(-c3cccnc3)cc2)CN(C(=O)CC)CCO1. The fourth-order valence-electron chi connectivity index (χ4n) is 3.55. The lowest BCUT2D eigenvalue weighted by Crippen LogP contribution is -2.62. The summed E-state index contributed by atoms with van der Waals surface area (Å²) in [6.07, 6.45) is 5.98. The number of rotatable bonds is 7. The van der Waals surface area contributed by atoms with Crippen molar-refractivity contribution in [3.8, 4) is 11.1 Å². The first-order valence-corrected chi connectivity index (χ1v) is 9.88. The Morgan fingerprint density at radius 1 is 1.28 bits per heavy atom. The molecule has 0 spiro atoms. The van der Waals surface area contributed by atoms with Gasteiger partial charge in [-0.2, -0.15) is 0 Å². The molecule has 0 bridgehead atoms. The van der Waals surface area contributed by atoms with Gasteiger partial charge in [-0.1, -0.05) is 43.3 Å². The van der Waals surface area contributed by atoms with Crippen LogP contribution in [-0.4, -0.2) is 53.5 Å². The number of nitrogens with one attached hydrogen (secondary N) is 1. The van der Waals surface area contributed by atoms with Crippen LogP contribution in [0.1, 0.15) is 18.9 Å². The van der Waals surface area contributed by atoms with Crippen LogP contribution in [0.5, 0.6) is 0 Å². The van der Waals surface area contributed by atoms with Crippen molar-refractivity contribution >= 4 is 11.8 Å². The third-order valence-corrected chi connectivity index (χ3v) is 5.10. The largest absolute Gasteiger partial charge is 0.361 e. The van der Waals surface area contributed by atoms with Crippen LogP contribution in [0.4, 0.5) is 0 Å². The Bertz CT molecular complexity index is 851. The topological polar surface area (TPSA) is 71.5 Å². The van der Waals surface area contributed by atoms with E-state index in [-0.39, 0.29) is 18.4 Å². The molecule has 1 aliphatic rings. The van der Waals surface area contributed by atoms with E-state index in [4.69, 9.17) is 4.74 Å². The van der Waals surface area contributed by atoms with Crippen molar-refractivity contribution < 1.29 is 14.3 Å². The van der Waals surface area contributed by atoms with Gasteiger partial charge in [0.15, 0.2) is 5.60 Å². The van der Waals surface area contributed by atoms with Gasteiger partial charge in [0.25, 0.3) is 5.91 Å². The second-order valence-electron chi connectivity index (χ2n) is 7.13. The van der Waals surface area contributed by atoms with E-state index in [1.165, 1.54) is 0 Å². The number of hydrogen-bond acceptors (Lipinski definition) is 4. The van der Waals surface area contributed by atoms with E-state index in [0.717, 1.165) is 16.7 Å². The summed E-state index contributed by atoms with van der Waals surface area (Å²) < 4.78 is 6.02. The molecule has 1 atom stereocenters. The predicted octanol–water partition coefficient (Wildman–Crippen LogP) is 2.60. The highest BCUT2D eigenvalue weighted by Crippen LogP contribution is 2.26. The molecule has 1 aromatic carbocycles. The molecule has 1 N–H and O–H groups in total. The van der Waals surface area contributed by atoms with Crippen molar-refractivity contribution in [3.05, 3.63) is 67.0 Å². The summed E-state index contributed by atoms with van der Waals surface area (Å²) in [6, 6.07) is 11.9. The summed E-state index contributed by atoms with van der Waals surface area (Å²) >= 11 is 0. The van der Waals surface area contributed by atoms with Crippen molar-refractivity contribution in [1.29, 1.82) is 0 Å². The maximum Gasteiger partial charge on any atom is 0.254 e. The van der Waals surface area contributed by atoms with Gasteiger partial charge in [-0.05, 0) is 22.8 Å². The molecule has 2 heterocycles. The summed E-state index contributed by atoms with van der Waals surface area (Å²) in [5.41, 5.74) is 1.95. The average Bonchev–Trinajstić information content (AvgIpc) is 2.78. The molecule has 29 heavy (non-hydrogen) atoms. The second-order valence-corrected chi connectivity index (χ2v) is 7.13. The van der Waals surface area contributed by atoms with Crippen molar-refractivity contribution in [3.63, 3.8) is 0 Å². The molecule has 2 aromatic rings. The number of morpholine rings is 1. The lowest BCUT2D eigenvalue weighted by molar-refractivity contribution is -0.165. The molecule has 0 saturated carbocycles. The van der Waals surface area contributed by atoms with Gasteiger partial charge in [0, 0.05) is 38.3 Å². The van der Waals surface area contributed by atoms with Gasteiger partial charge in [0.05, 0.1) is 13.2 Å². The Hall–Kier alpha value is -2.99. The van der Waals surface area contributed by atoms with Gasteiger partial charge < -0.3 is 15.0 Å². The first-order valence-electron chi connectivity index (χ1n) is 9.88. The molecule has 152 valence electrons. The summed E-state index contributed by atoms with van der Waals surface area (Å²) in [6.45, 7) is 6.92. The smallest absolute Gasteiger partial charge is 0.254 e. The minimum absolute atomic E-state index is 0.0288. The van der Waals surface area contributed by atoms with Crippen LogP contribution in [0.2, 0.25) is 0 Å². The second kappa shape index (κ2) is 9.47. The van der Waals surface area contributed by atoms with Crippen LogP contribution < -0.4 is 5.32 Å². The van der Waals surface area contributed by atoms with E-state index < -0.39 is 5.60 Å². The number of amides is 2. The third-order valence-electron chi connectivity index (χ3n) is 5.10. The molecular weight excluding hydrogens is 366 g/mol. The lowest BCUT2D eigenvalue weighted by Gasteiger charge is -2.41. The van der Waals surface area contributed by atoms with E-state index in [9.17, 15) is 9.59 Å².